The monoisotopic (exact) mass is 287 g/mol. The normalized spacial score (nSPS) is 22.5. The maximum Gasteiger partial charge on any atom is 0.275 e. The molecule has 3 rings (SSSR count). The lowest BCUT2D eigenvalue weighted by atomic mass is 10.1. The summed E-state index contributed by atoms with van der Waals surface area (Å²) in [5, 5.41) is 7.42. The Bertz CT molecular complexity index is 730. The van der Waals surface area contributed by atoms with Crippen molar-refractivity contribution in [1.82, 2.24) is 15.1 Å². The molecule has 0 aliphatic carbocycles. The van der Waals surface area contributed by atoms with Crippen LogP contribution in [0.3, 0.4) is 0 Å². The maximum absolute atomic E-state index is 12.7. The van der Waals surface area contributed by atoms with Crippen molar-refractivity contribution in [1.29, 1.82) is 0 Å². The number of carbonyl (C=O) groups is 1. The van der Waals surface area contributed by atoms with Crippen LogP contribution in [0.25, 0.3) is 10.8 Å². The van der Waals surface area contributed by atoms with Crippen molar-refractivity contribution in [3.05, 3.63) is 40.3 Å². The van der Waals surface area contributed by atoms with Gasteiger partial charge in [-0.15, -0.1) is 0 Å². The van der Waals surface area contributed by atoms with Crippen LogP contribution in [-0.4, -0.2) is 46.3 Å². The number of carbonyl (C=O) groups excluding carboxylic acids is 1. The third-order valence-electron chi connectivity index (χ3n) is 3.61. The first kappa shape index (κ1) is 13.8. The second-order valence-corrected chi connectivity index (χ2v) is 5.41. The van der Waals surface area contributed by atoms with Crippen LogP contribution < -0.4 is 5.56 Å². The van der Waals surface area contributed by atoms with Gasteiger partial charge in [-0.3, -0.25) is 9.59 Å². The Hall–Kier alpha value is -2.21. The molecule has 0 bridgehead atoms. The largest absolute Gasteiger partial charge is 0.372 e. The molecule has 2 aromatic rings. The highest BCUT2D eigenvalue weighted by molar-refractivity contribution is 6.04. The van der Waals surface area contributed by atoms with Crippen molar-refractivity contribution >= 4 is 16.7 Å². The first-order valence-corrected chi connectivity index (χ1v) is 6.98. The SMILES string of the molecule is C[C@@H]1CN(C(=O)c2n[nH]c(=O)c3ccccc23)C[C@H](C)O1. The quantitative estimate of drug-likeness (QED) is 0.854. The topological polar surface area (TPSA) is 75.3 Å². The van der Waals surface area contributed by atoms with Crippen molar-refractivity contribution in [2.75, 3.05) is 13.1 Å². The number of fused-ring (bicyclic) bond motifs is 1. The highest BCUT2D eigenvalue weighted by Gasteiger charge is 2.28. The van der Waals surface area contributed by atoms with Gasteiger partial charge in [-0.2, -0.15) is 5.10 Å². The van der Waals surface area contributed by atoms with Crippen LogP contribution in [0.15, 0.2) is 29.1 Å². The first-order valence-electron chi connectivity index (χ1n) is 6.98. The van der Waals surface area contributed by atoms with Crippen LogP contribution in [0, 0.1) is 0 Å². The Kier molecular flexibility index (Phi) is 3.47. The zero-order valence-corrected chi connectivity index (χ0v) is 12.0. The number of rotatable bonds is 1. The van der Waals surface area contributed by atoms with Gasteiger partial charge in [0.15, 0.2) is 5.69 Å². The third-order valence-corrected chi connectivity index (χ3v) is 3.61. The number of ether oxygens (including phenoxy) is 1. The number of H-pyrrole nitrogens is 1. The number of nitrogens with zero attached hydrogens (tertiary/aromatic N) is 2. The molecule has 0 spiro atoms. The molecular weight excluding hydrogens is 270 g/mol. The molecule has 0 saturated carbocycles. The molecule has 1 fully saturated rings. The number of hydrogen-bond donors (Lipinski definition) is 1. The van der Waals surface area contributed by atoms with E-state index in [1.807, 2.05) is 13.8 Å². The van der Waals surface area contributed by atoms with E-state index in [-0.39, 0.29) is 29.4 Å². The molecule has 1 aromatic heterocycles. The van der Waals surface area contributed by atoms with E-state index in [0.29, 0.717) is 23.9 Å². The minimum atomic E-state index is -0.286. The second kappa shape index (κ2) is 5.29. The highest BCUT2D eigenvalue weighted by Crippen LogP contribution is 2.17. The van der Waals surface area contributed by atoms with Gasteiger partial charge in [0, 0.05) is 18.5 Å². The van der Waals surface area contributed by atoms with E-state index in [1.54, 1.807) is 29.2 Å². The minimum absolute atomic E-state index is 0.00766. The van der Waals surface area contributed by atoms with Crippen LogP contribution in [0.4, 0.5) is 0 Å². The van der Waals surface area contributed by atoms with Crippen molar-refractivity contribution in [3.8, 4) is 0 Å². The molecule has 1 saturated heterocycles. The predicted octanol–water partition coefficient (Wildman–Crippen LogP) is 1.17. The number of nitrogens with one attached hydrogen (secondary N) is 1. The summed E-state index contributed by atoms with van der Waals surface area (Å²) in [6, 6.07) is 7.00. The van der Waals surface area contributed by atoms with Crippen LogP contribution in [-0.2, 0) is 4.74 Å². The maximum atomic E-state index is 12.7. The average molecular weight is 287 g/mol. The number of aromatic nitrogens is 2. The Morgan fingerprint density at radius 1 is 1.24 bits per heavy atom. The minimum Gasteiger partial charge on any atom is -0.372 e. The summed E-state index contributed by atoms with van der Waals surface area (Å²) in [6.45, 7) is 4.93. The van der Waals surface area contributed by atoms with Crippen LogP contribution in [0.5, 0.6) is 0 Å². The Labute approximate surface area is 121 Å². The Balaban J connectivity index is 2.02. The van der Waals surface area contributed by atoms with Gasteiger partial charge in [0.2, 0.25) is 0 Å². The molecule has 6 nitrogen and oxygen atoms in total. The van der Waals surface area contributed by atoms with Gasteiger partial charge in [-0.25, -0.2) is 5.10 Å². The summed E-state index contributed by atoms with van der Waals surface area (Å²) in [7, 11) is 0. The molecule has 110 valence electrons. The van der Waals surface area contributed by atoms with Crippen molar-refractivity contribution in [3.63, 3.8) is 0 Å². The number of hydrogen-bond acceptors (Lipinski definition) is 4. The van der Waals surface area contributed by atoms with Crippen molar-refractivity contribution in [2.24, 2.45) is 0 Å². The van der Waals surface area contributed by atoms with E-state index >= 15 is 0 Å². The molecule has 0 radical (unpaired) electrons. The molecule has 6 heteroatoms. The fourth-order valence-electron chi connectivity index (χ4n) is 2.77. The van der Waals surface area contributed by atoms with E-state index < -0.39 is 0 Å². The lowest BCUT2D eigenvalue weighted by molar-refractivity contribution is -0.0587. The number of morpholine rings is 1. The lowest BCUT2D eigenvalue weighted by Crippen LogP contribution is -2.48. The van der Waals surface area contributed by atoms with E-state index in [1.165, 1.54) is 0 Å². The summed E-state index contributed by atoms with van der Waals surface area (Å²) in [5.74, 6) is -0.176. The predicted molar refractivity (Wildman–Crippen MR) is 78.3 cm³/mol. The van der Waals surface area contributed by atoms with Gasteiger partial charge in [-0.05, 0) is 19.9 Å². The molecule has 0 unspecified atom stereocenters. The van der Waals surface area contributed by atoms with Gasteiger partial charge < -0.3 is 9.64 Å². The molecule has 1 N–H and O–H groups in total. The molecular formula is C15H17N3O3. The number of amides is 1. The van der Waals surface area contributed by atoms with E-state index in [0.717, 1.165) is 0 Å². The lowest BCUT2D eigenvalue weighted by Gasteiger charge is -2.35. The second-order valence-electron chi connectivity index (χ2n) is 5.41. The summed E-state index contributed by atoms with van der Waals surface area (Å²) >= 11 is 0. The van der Waals surface area contributed by atoms with E-state index in [4.69, 9.17) is 4.74 Å². The van der Waals surface area contributed by atoms with Gasteiger partial charge in [-0.1, -0.05) is 18.2 Å². The number of benzene rings is 1. The van der Waals surface area contributed by atoms with Crippen LogP contribution in [0.1, 0.15) is 24.3 Å². The van der Waals surface area contributed by atoms with Gasteiger partial charge >= 0.3 is 0 Å². The standard InChI is InChI=1S/C15H17N3O3/c1-9-7-18(8-10(2)21-9)15(20)13-11-5-3-4-6-12(11)14(19)17-16-13/h3-6,9-10H,7-8H2,1-2H3,(H,17,19)/t9-,10+. The summed E-state index contributed by atoms with van der Waals surface area (Å²) in [4.78, 5) is 26.2. The summed E-state index contributed by atoms with van der Waals surface area (Å²) in [6.07, 6.45) is -0.0153. The third kappa shape index (κ3) is 2.54. The molecule has 1 amide bonds. The smallest absolute Gasteiger partial charge is 0.275 e. The van der Waals surface area contributed by atoms with Crippen molar-refractivity contribution < 1.29 is 9.53 Å². The van der Waals surface area contributed by atoms with Gasteiger partial charge in [0.25, 0.3) is 11.5 Å². The molecule has 21 heavy (non-hydrogen) atoms. The average Bonchev–Trinajstić information content (AvgIpc) is 2.46. The summed E-state index contributed by atoms with van der Waals surface area (Å²) in [5.41, 5.74) is -0.00244. The zero-order chi connectivity index (χ0) is 15.0. The highest BCUT2D eigenvalue weighted by atomic mass is 16.5. The molecule has 1 aromatic carbocycles. The molecule has 2 heterocycles. The first-order chi connectivity index (χ1) is 10.1. The Morgan fingerprint density at radius 2 is 1.86 bits per heavy atom. The fraction of sp³-hybridized carbons (Fsp3) is 0.400. The molecule has 1 aliphatic rings. The van der Waals surface area contributed by atoms with Crippen LogP contribution in [0.2, 0.25) is 0 Å². The van der Waals surface area contributed by atoms with E-state index in [2.05, 4.69) is 10.2 Å². The molecule has 1 aliphatic heterocycles. The Morgan fingerprint density at radius 3 is 2.52 bits per heavy atom. The molecule has 2 atom stereocenters. The fourth-order valence-corrected chi connectivity index (χ4v) is 2.77. The summed E-state index contributed by atoms with van der Waals surface area (Å²) < 4.78 is 5.64. The van der Waals surface area contributed by atoms with Gasteiger partial charge in [0.1, 0.15) is 0 Å². The van der Waals surface area contributed by atoms with Crippen molar-refractivity contribution in [2.45, 2.75) is 26.1 Å². The number of aromatic amines is 1. The van der Waals surface area contributed by atoms with Crippen LogP contribution >= 0.6 is 0 Å². The zero-order valence-electron chi connectivity index (χ0n) is 12.0. The van der Waals surface area contributed by atoms with Gasteiger partial charge in [0.05, 0.1) is 17.6 Å². The van der Waals surface area contributed by atoms with E-state index in [9.17, 15) is 9.59 Å².